The van der Waals surface area contributed by atoms with Gasteiger partial charge in [0.2, 0.25) is 0 Å². The highest BCUT2D eigenvalue weighted by Crippen LogP contribution is 2.37. The topological polar surface area (TPSA) is 87.0 Å². The summed E-state index contributed by atoms with van der Waals surface area (Å²) in [5, 5.41) is 32.3. The monoisotopic (exact) mass is 356 g/mol. The third-order valence-corrected chi connectivity index (χ3v) is 5.60. The Morgan fingerprint density at radius 2 is 1.88 bits per heavy atom. The minimum Gasteiger partial charge on any atom is -0.456 e. The molecule has 1 saturated carbocycles. The van der Waals surface area contributed by atoms with Gasteiger partial charge in [-0.3, -0.25) is 0 Å². The lowest BCUT2D eigenvalue weighted by atomic mass is 9.73. The zero-order chi connectivity index (χ0) is 19.4. The number of hydrogen-bond acceptors (Lipinski definition) is 5. The van der Waals surface area contributed by atoms with E-state index >= 15 is 0 Å². The zero-order valence-corrected chi connectivity index (χ0v) is 16.6. The van der Waals surface area contributed by atoms with Crippen molar-refractivity contribution in [3.05, 3.63) is 11.6 Å². The molecule has 0 aromatic heterocycles. The first kappa shape index (κ1) is 22.1. The maximum atomic E-state index is 12.3. The molecule has 5 nitrogen and oxygen atoms in total. The number of aliphatic hydroxyl groups excluding tert-OH is 1. The quantitative estimate of drug-likeness (QED) is 0.534. The van der Waals surface area contributed by atoms with Gasteiger partial charge < -0.3 is 20.1 Å². The highest BCUT2D eigenvalue weighted by molar-refractivity contribution is 5.87. The molecule has 0 aromatic rings. The van der Waals surface area contributed by atoms with Crippen LogP contribution in [0.25, 0.3) is 0 Å². The molecule has 0 bridgehead atoms. The number of ether oxygens (including phenoxy) is 1. The number of carbonyl (C=O) groups is 1. The van der Waals surface area contributed by atoms with Crippen molar-refractivity contribution >= 4 is 5.97 Å². The van der Waals surface area contributed by atoms with Gasteiger partial charge >= 0.3 is 5.97 Å². The first-order valence-corrected chi connectivity index (χ1v) is 9.37. The molecular weight excluding hydrogens is 320 g/mol. The second-order valence-electron chi connectivity index (χ2n) is 8.48. The fourth-order valence-electron chi connectivity index (χ4n) is 3.54. The van der Waals surface area contributed by atoms with Gasteiger partial charge in [0.1, 0.15) is 12.2 Å². The molecule has 1 rings (SSSR count). The molecule has 1 aliphatic carbocycles. The summed E-state index contributed by atoms with van der Waals surface area (Å²) in [7, 11) is 0. The molecule has 1 aliphatic rings. The molecule has 5 atom stereocenters. The molecule has 0 saturated heterocycles. The van der Waals surface area contributed by atoms with Gasteiger partial charge in [-0.1, -0.05) is 32.3 Å². The first-order valence-electron chi connectivity index (χ1n) is 9.37. The van der Waals surface area contributed by atoms with Crippen LogP contribution in [-0.4, -0.2) is 44.7 Å². The third kappa shape index (κ3) is 6.08. The van der Waals surface area contributed by atoms with Crippen LogP contribution < -0.4 is 0 Å². The predicted octanol–water partition coefficient (Wildman–Crippen LogP) is 2.96. The van der Waals surface area contributed by atoms with E-state index < -0.39 is 35.3 Å². The summed E-state index contributed by atoms with van der Waals surface area (Å²) in [5.74, 6) is -0.547. The number of allylic oxidation sites excluding steroid dienone is 1. The Labute approximate surface area is 152 Å². The van der Waals surface area contributed by atoms with Crippen LogP contribution in [0.2, 0.25) is 0 Å². The van der Waals surface area contributed by atoms with Gasteiger partial charge in [-0.25, -0.2) is 4.79 Å². The standard InChI is InChI=1S/C20H36O5/c1-7-14(3)18(22)25-16-15(19(4,5)23)11-10-13(2)9-8-12-20(6,24)17(16)21/h7,13,15-17,21,23-24H,8-12H2,1-6H3/b14-7-/t13-,15+,16+,17-,20+/m0/s1. The van der Waals surface area contributed by atoms with Crippen molar-refractivity contribution in [3.63, 3.8) is 0 Å². The van der Waals surface area contributed by atoms with E-state index in [1.165, 1.54) is 0 Å². The number of hydrogen-bond donors (Lipinski definition) is 3. The zero-order valence-electron chi connectivity index (χ0n) is 16.6. The van der Waals surface area contributed by atoms with Crippen LogP contribution in [0, 0.1) is 11.8 Å². The molecule has 0 spiro atoms. The maximum Gasteiger partial charge on any atom is 0.333 e. The molecule has 0 amide bonds. The smallest absolute Gasteiger partial charge is 0.333 e. The minimum atomic E-state index is -1.38. The first-order chi connectivity index (χ1) is 11.4. The predicted molar refractivity (Wildman–Crippen MR) is 98.0 cm³/mol. The van der Waals surface area contributed by atoms with E-state index in [-0.39, 0.29) is 0 Å². The van der Waals surface area contributed by atoms with Crippen molar-refractivity contribution in [3.8, 4) is 0 Å². The third-order valence-electron chi connectivity index (χ3n) is 5.60. The molecule has 5 heteroatoms. The van der Waals surface area contributed by atoms with E-state index in [0.29, 0.717) is 24.3 Å². The Kier molecular flexibility index (Phi) is 7.66. The summed E-state index contributed by atoms with van der Waals surface area (Å²) in [6.07, 6.45) is 3.09. The Hall–Kier alpha value is -0.910. The molecule has 0 heterocycles. The highest BCUT2D eigenvalue weighted by Gasteiger charge is 2.47. The number of rotatable bonds is 3. The lowest BCUT2D eigenvalue weighted by molar-refractivity contribution is -0.189. The number of aliphatic hydroxyl groups is 3. The summed E-state index contributed by atoms with van der Waals surface area (Å²) in [6.45, 7) is 10.4. The maximum absolute atomic E-state index is 12.3. The molecule has 1 fully saturated rings. The summed E-state index contributed by atoms with van der Waals surface area (Å²) in [6, 6.07) is 0. The second kappa shape index (κ2) is 8.65. The van der Waals surface area contributed by atoms with E-state index in [1.807, 2.05) is 0 Å². The van der Waals surface area contributed by atoms with Crippen LogP contribution in [0.1, 0.15) is 73.6 Å². The summed E-state index contributed by atoms with van der Waals surface area (Å²) in [5.41, 5.74) is -2.09. The van der Waals surface area contributed by atoms with Crippen LogP contribution in [0.3, 0.4) is 0 Å². The lowest BCUT2D eigenvalue weighted by Gasteiger charge is -2.43. The van der Waals surface area contributed by atoms with E-state index in [1.54, 1.807) is 40.7 Å². The SMILES string of the molecule is C/C=C(/C)C(=O)O[C@@H]1[C@H](C(C)(C)O)CC[C@@H](C)CCC[C@@](C)(O)[C@H]1O. The molecule has 0 aromatic carbocycles. The fourth-order valence-corrected chi connectivity index (χ4v) is 3.54. The van der Waals surface area contributed by atoms with Gasteiger partial charge in [0.25, 0.3) is 0 Å². The fraction of sp³-hybridized carbons (Fsp3) is 0.850. The van der Waals surface area contributed by atoms with Crippen LogP contribution in [0.5, 0.6) is 0 Å². The lowest BCUT2D eigenvalue weighted by Crippen LogP contribution is -2.55. The Bertz CT molecular complexity index is 475. The Morgan fingerprint density at radius 3 is 2.40 bits per heavy atom. The van der Waals surface area contributed by atoms with Crippen LogP contribution >= 0.6 is 0 Å². The van der Waals surface area contributed by atoms with E-state index in [0.717, 1.165) is 19.3 Å². The largest absolute Gasteiger partial charge is 0.456 e. The van der Waals surface area contributed by atoms with E-state index in [4.69, 9.17) is 4.74 Å². The van der Waals surface area contributed by atoms with Gasteiger partial charge in [0, 0.05) is 11.5 Å². The normalized spacial score (nSPS) is 36.0. The van der Waals surface area contributed by atoms with Gasteiger partial charge in [-0.05, 0) is 53.4 Å². The average molecular weight is 357 g/mol. The van der Waals surface area contributed by atoms with Crippen LogP contribution in [0.15, 0.2) is 11.6 Å². The van der Waals surface area contributed by atoms with Gasteiger partial charge in [-0.2, -0.15) is 0 Å². The van der Waals surface area contributed by atoms with Crippen molar-refractivity contribution in [1.82, 2.24) is 0 Å². The van der Waals surface area contributed by atoms with Crippen LogP contribution in [-0.2, 0) is 9.53 Å². The van der Waals surface area contributed by atoms with Crippen molar-refractivity contribution in [2.75, 3.05) is 0 Å². The molecule has 0 aliphatic heterocycles. The summed E-state index contributed by atoms with van der Waals surface area (Å²) >= 11 is 0. The van der Waals surface area contributed by atoms with Gasteiger partial charge in [-0.15, -0.1) is 0 Å². The van der Waals surface area contributed by atoms with E-state index in [9.17, 15) is 20.1 Å². The van der Waals surface area contributed by atoms with Crippen molar-refractivity contribution in [2.24, 2.45) is 11.8 Å². The Morgan fingerprint density at radius 1 is 1.28 bits per heavy atom. The molecule has 0 radical (unpaired) electrons. The van der Waals surface area contributed by atoms with Gasteiger partial charge in [0.15, 0.2) is 0 Å². The van der Waals surface area contributed by atoms with Crippen molar-refractivity contribution < 1.29 is 24.9 Å². The summed E-state index contributed by atoms with van der Waals surface area (Å²) in [4.78, 5) is 12.3. The highest BCUT2D eigenvalue weighted by atomic mass is 16.6. The molecular formula is C20H36O5. The number of carbonyl (C=O) groups excluding carboxylic acids is 1. The van der Waals surface area contributed by atoms with Gasteiger partial charge in [0.05, 0.1) is 11.2 Å². The minimum absolute atomic E-state index is 0.424. The van der Waals surface area contributed by atoms with E-state index in [2.05, 4.69) is 6.92 Å². The average Bonchev–Trinajstić information content (AvgIpc) is 2.49. The van der Waals surface area contributed by atoms with Crippen molar-refractivity contribution in [2.45, 2.75) is 97.1 Å². The Balaban J connectivity index is 3.25. The molecule has 146 valence electrons. The van der Waals surface area contributed by atoms with Crippen LogP contribution in [0.4, 0.5) is 0 Å². The summed E-state index contributed by atoms with van der Waals surface area (Å²) < 4.78 is 5.62. The number of esters is 1. The molecule has 3 N–H and O–H groups in total. The molecule has 25 heavy (non-hydrogen) atoms. The molecule has 0 unspecified atom stereocenters. The second-order valence-corrected chi connectivity index (χ2v) is 8.48. The van der Waals surface area contributed by atoms with Crippen molar-refractivity contribution in [1.29, 1.82) is 0 Å².